The van der Waals surface area contributed by atoms with Crippen LogP contribution in [0.2, 0.25) is 0 Å². The van der Waals surface area contributed by atoms with Gasteiger partial charge in [0.15, 0.2) is 4.90 Å². The van der Waals surface area contributed by atoms with Crippen molar-refractivity contribution in [2.45, 2.75) is 24.8 Å². The smallest absolute Gasteiger partial charge is 0.300 e. The molecule has 0 aliphatic carbocycles. The van der Waals surface area contributed by atoms with Crippen LogP contribution < -0.4 is 16.0 Å². The summed E-state index contributed by atoms with van der Waals surface area (Å²) in [5, 5.41) is 0. The molecule has 2 rings (SSSR count). The molecular weight excluding hydrogens is 318 g/mol. The van der Waals surface area contributed by atoms with E-state index in [9.17, 15) is 18.0 Å². The zero-order chi connectivity index (χ0) is 17.4. The lowest BCUT2D eigenvalue weighted by Crippen LogP contribution is -2.43. The first-order valence-corrected chi connectivity index (χ1v) is 8.49. The van der Waals surface area contributed by atoms with E-state index in [1.165, 1.54) is 21.0 Å². The Balaban J connectivity index is 2.54. The van der Waals surface area contributed by atoms with Crippen molar-refractivity contribution in [3.63, 3.8) is 0 Å². The standard InChI is InChI=1S/C15H19N3O4S/c1-10(12-8-6-5-7-9-12)16-23(21,22)13-11(2)17(3)15(20)18(4)14(13)19/h5-10,16H,1-4H3/t10-/m1/s1. The topological polar surface area (TPSA) is 90.2 Å². The number of aromatic nitrogens is 2. The molecule has 1 atom stereocenters. The number of nitrogens with zero attached hydrogens (tertiary/aromatic N) is 2. The Morgan fingerprint density at radius 3 is 2.17 bits per heavy atom. The lowest BCUT2D eigenvalue weighted by Gasteiger charge is -2.17. The van der Waals surface area contributed by atoms with Gasteiger partial charge in [0.1, 0.15) is 0 Å². The van der Waals surface area contributed by atoms with E-state index in [4.69, 9.17) is 0 Å². The summed E-state index contributed by atoms with van der Waals surface area (Å²) in [6.45, 7) is 3.12. The van der Waals surface area contributed by atoms with E-state index in [-0.39, 0.29) is 5.69 Å². The number of benzene rings is 1. The SMILES string of the molecule is Cc1c(S(=O)(=O)N[C@H](C)c2ccccc2)c(=O)n(C)c(=O)n1C. The zero-order valence-electron chi connectivity index (χ0n) is 13.4. The normalized spacial score (nSPS) is 13.0. The van der Waals surface area contributed by atoms with Crippen LogP contribution in [-0.4, -0.2) is 17.6 Å². The van der Waals surface area contributed by atoms with E-state index < -0.39 is 32.2 Å². The Kier molecular flexibility index (Phi) is 4.58. The van der Waals surface area contributed by atoms with Crippen molar-refractivity contribution < 1.29 is 8.42 Å². The van der Waals surface area contributed by atoms with Gasteiger partial charge in [-0.25, -0.2) is 17.9 Å². The minimum Gasteiger partial charge on any atom is -0.300 e. The fraction of sp³-hybridized carbons (Fsp3) is 0.333. The van der Waals surface area contributed by atoms with Crippen LogP contribution in [0.3, 0.4) is 0 Å². The minimum atomic E-state index is -4.07. The second-order valence-corrected chi connectivity index (χ2v) is 7.02. The van der Waals surface area contributed by atoms with Gasteiger partial charge in [-0.2, -0.15) is 0 Å². The Bertz CT molecular complexity index is 943. The molecule has 23 heavy (non-hydrogen) atoms. The van der Waals surface area contributed by atoms with Crippen LogP contribution in [0.4, 0.5) is 0 Å². The van der Waals surface area contributed by atoms with Gasteiger partial charge in [-0.15, -0.1) is 0 Å². The van der Waals surface area contributed by atoms with E-state index >= 15 is 0 Å². The molecule has 0 bridgehead atoms. The Morgan fingerprint density at radius 2 is 1.61 bits per heavy atom. The molecule has 1 aromatic heterocycles. The van der Waals surface area contributed by atoms with Crippen LogP contribution in [0.5, 0.6) is 0 Å². The molecule has 1 aromatic carbocycles. The van der Waals surface area contributed by atoms with Gasteiger partial charge in [0, 0.05) is 25.8 Å². The monoisotopic (exact) mass is 337 g/mol. The highest BCUT2D eigenvalue weighted by molar-refractivity contribution is 7.89. The molecule has 0 spiro atoms. The Hall–Kier alpha value is -2.19. The fourth-order valence-corrected chi connectivity index (χ4v) is 3.94. The molecule has 1 heterocycles. The first-order chi connectivity index (χ1) is 10.7. The summed E-state index contributed by atoms with van der Waals surface area (Å²) in [4.78, 5) is 23.7. The highest BCUT2D eigenvalue weighted by Crippen LogP contribution is 2.16. The Morgan fingerprint density at radius 1 is 1.04 bits per heavy atom. The number of sulfonamides is 1. The molecular formula is C15H19N3O4S. The molecule has 2 aromatic rings. The van der Waals surface area contributed by atoms with Gasteiger partial charge in [0.05, 0.1) is 0 Å². The maximum absolute atomic E-state index is 12.6. The van der Waals surface area contributed by atoms with E-state index in [0.717, 1.165) is 14.7 Å². The summed E-state index contributed by atoms with van der Waals surface area (Å²) < 4.78 is 29.7. The molecule has 0 saturated carbocycles. The third-order valence-electron chi connectivity index (χ3n) is 3.80. The third kappa shape index (κ3) is 3.13. The van der Waals surface area contributed by atoms with Gasteiger partial charge in [0.2, 0.25) is 10.0 Å². The van der Waals surface area contributed by atoms with Crippen LogP contribution in [0.15, 0.2) is 44.8 Å². The van der Waals surface area contributed by atoms with E-state index in [1.807, 2.05) is 6.07 Å². The van der Waals surface area contributed by atoms with Crippen molar-refractivity contribution in [2.24, 2.45) is 14.1 Å². The summed E-state index contributed by atoms with van der Waals surface area (Å²) in [5.74, 6) is 0. The van der Waals surface area contributed by atoms with Gasteiger partial charge >= 0.3 is 5.69 Å². The average Bonchev–Trinajstić information content (AvgIpc) is 2.51. The van der Waals surface area contributed by atoms with Crippen LogP contribution in [0.1, 0.15) is 24.2 Å². The van der Waals surface area contributed by atoms with E-state index in [2.05, 4.69) is 4.72 Å². The van der Waals surface area contributed by atoms with Crippen molar-refractivity contribution in [1.29, 1.82) is 0 Å². The van der Waals surface area contributed by atoms with Crippen LogP contribution in [-0.2, 0) is 24.1 Å². The molecule has 7 nitrogen and oxygen atoms in total. The van der Waals surface area contributed by atoms with Crippen LogP contribution in [0, 0.1) is 6.92 Å². The van der Waals surface area contributed by atoms with Crippen LogP contribution in [0.25, 0.3) is 0 Å². The molecule has 8 heteroatoms. The average molecular weight is 337 g/mol. The van der Waals surface area contributed by atoms with Gasteiger partial charge in [-0.05, 0) is 19.4 Å². The largest absolute Gasteiger partial charge is 0.330 e. The predicted molar refractivity (Wildman–Crippen MR) is 86.8 cm³/mol. The summed E-state index contributed by atoms with van der Waals surface area (Å²) in [6.07, 6.45) is 0. The molecule has 0 aliphatic rings. The Labute approximate surface area is 134 Å². The first-order valence-electron chi connectivity index (χ1n) is 7.00. The van der Waals surface area contributed by atoms with Gasteiger partial charge in [-0.1, -0.05) is 30.3 Å². The molecule has 124 valence electrons. The summed E-state index contributed by atoms with van der Waals surface area (Å²) in [6, 6.07) is 8.50. The highest BCUT2D eigenvalue weighted by atomic mass is 32.2. The summed E-state index contributed by atoms with van der Waals surface area (Å²) in [7, 11) is -1.39. The number of hydrogen-bond acceptors (Lipinski definition) is 4. The predicted octanol–water partition coefficient (Wildman–Crippen LogP) is 0.432. The molecule has 1 N–H and O–H groups in total. The summed E-state index contributed by atoms with van der Waals surface area (Å²) in [5.41, 5.74) is -0.526. The van der Waals surface area contributed by atoms with Crippen molar-refractivity contribution in [2.75, 3.05) is 0 Å². The molecule has 0 aliphatic heterocycles. The van der Waals surface area contributed by atoms with Crippen molar-refractivity contribution in [1.82, 2.24) is 13.9 Å². The number of rotatable bonds is 4. The molecule has 0 fully saturated rings. The highest BCUT2D eigenvalue weighted by Gasteiger charge is 2.26. The van der Waals surface area contributed by atoms with Gasteiger partial charge < -0.3 is 0 Å². The maximum Gasteiger partial charge on any atom is 0.330 e. The quantitative estimate of drug-likeness (QED) is 0.876. The summed E-state index contributed by atoms with van der Waals surface area (Å²) >= 11 is 0. The molecule has 0 unspecified atom stereocenters. The van der Waals surface area contributed by atoms with Crippen molar-refractivity contribution in [3.8, 4) is 0 Å². The second kappa shape index (κ2) is 6.13. The molecule has 0 radical (unpaired) electrons. The second-order valence-electron chi connectivity index (χ2n) is 5.37. The van der Waals surface area contributed by atoms with Crippen LogP contribution >= 0.6 is 0 Å². The van der Waals surface area contributed by atoms with Crippen molar-refractivity contribution >= 4 is 10.0 Å². The third-order valence-corrected chi connectivity index (χ3v) is 5.48. The fourth-order valence-electron chi connectivity index (χ4n) is 2.33. The lowest BCUT2D eigenvalue weighted by molar-refractivity contribution is 0.554. The zero-order valence-corrected chi connectivity index (χ0v) is 14.2. The van der Waals surface area contributed by atoms with E-state index in [1.54, 1.807) is 31.2 Å². The number of nitrogens with one attached hydrogen (secondary N) is 1. The first kappa shape index (κ1) is 17.2. The lowest BCUT2D eigenvalue weighted by atomic mass is 10.1. The minimum absolute atomic E-state index is 0.103. The van der Waals surface area contributed by atoms with E-state index in [0.29, 0.717) is 0 Å². The number of hydrogen-bond donors (Lipinski definition) is 1. The van der Waals surface area contributed by atoms with Gasteiger partial charge in [-0.3, -0.25) is 13.9 Å². The maximum atomic E-state index is 12.6. The van der Waals surface area contributed by atoms with Gasteiger partial charge in [0.25, 0.3) is 5.56 Å². The molecule has 0 amide bonds. The molecule has 0 saturated heterocycles. The van der Waals surface area contributed by atoms with Crippen molar-refractivity contribution in [3.05, 3.63) is 62.4 Å².